The molecule has 0 aromatic carbocycles. The van der Waals surface area contributed by atoms with Crippen molar-refractivity contribution in [2.45, 2.75) is 36.6 Å². The molecule has 0 aliphatic carbocycles. The van der Waals surface area contributed by atoms with Gasteiger partial charge >= 0.3 is 0 Å². The minimum absolute atomic E-state index is 0.306. The van der Waals surface area contributed by atoms with Crippen molar-refractivity contribution in [2.75, 3.05) is 24.5 Å². The highest BCUT2D eigenvalue weighted by atomic mass is 32.2. The van der Waals surface area contributed by atoms with E-state index >= 15 is 0 Å². The molecule has 0 amide bonds. The van der Waals surface area contributed by atoms with Crippen molar-refractivity contribution in [2.24, 2.45) is 0 Å². The van der Waals surface area contributed by atoms with Crippen LogP contribution < -0.4 is 4.90 Å². The summed E-state index contributed by atoms with van der Waals surface area (Å²) in [6.07, 6.45) is 5.67. The molecule has 128 valence electrons. The average Bonchev–Trinajstić information content (AvgIpc) is 3.36. The van der Waals surface area contributed by atoms with E-state index in [0.29, 0.717) is 24.0 Å². The van der Waals surface area contributed by atoms with Crippen LogP contribution in [-0.4, -0.2) is 37.3 Å². The van der Waals surface area contributed by atoms with Gasteiger partial charge in [-0.25, -0.2) is 13.4 Å². The van der Waals surface area contributed by atoms with E-state index in [1.165, 1.54) is 11.1 Å². The van der Waals surface area contributed by atoms with Crippen LogP contribution in [0.15, 0.2) is 40.7 Å². The van der Waals surface area contributed by atoms with E-state index in [0.717, 1.165) is 38.0 Å². The predicted octanol–water partition coefficient (Wildman–Crippen LogP) is 3.27. The molecule has 1 atom stereocenters. The molecule has 4 heterocycles. The molecular weight excluding hydrogens is 342 g/mol. The maximum Gasteiger partial charge on any atom is 0.244 e. The molecule has 0 unspecified atom stereocenters. The summed E-state index contributed by atoms with van der Waals surface area (Å²) in [6.45, 7) is 2.21. The summed E-state index contributed by atoms with van der Waals surface area (Å²) < 4.78 is 26.7. The first-order valence-electron chi connectivity index (χ1n) is 8.42. The molecule has 0 N–H and O–H groups in total. The van der Waals surface area contributed by atoms with Crippen LogP contribution in [0.4, 0.5) is 5.82 Å². The van der Waals surface area contributed by atoms with Crippen LogP contribution in [0.2, 0.25) is 0 Å². The minimum Gasteiger partial charge on any atom is -0.349 e. The maximum absolute atomic E-state index is 12.6. The topological polar surface area (TPSA) is 53.5 Å². The van der Waals surface area contributed by atoms with Gasteiger partial charge in [0.05, 0.1) is 6.04 Å². The van der Waals surface area contributed by atoms with Crippen molar-refractivity contribution in [3.8, 4) is 0 Å². The van der Waals surface area contributed by atoms with E-state index in [4.69, 9.17) is 0 Å². The quantitative estimate of drug-likeness (QED) is 0.837. The Morgan fingerprint density at radius 1 is 1.08 bits per heavy atom. The van der Waals surface area contributed by atoms with Gasteiger partial charge in [0.2, 0.25) is 10.0 Å². The first kappa shape index (κ1) is 16.1. The lowest BCUT2D eigenvalue weighted by Crippen LogP contribution is -2.28. The molecule has 2 aliphatic rings. The van der Waals surface area contributed by atoms with E-state index in [-0.39, 0.29) is 0 Å². The molecule has 24 heavy (non-hydrogen) atoms. The number of aromatic nitrogens is 1. The SMILES string of the molecule is O=S(=O)(c1ccc(N2CCC[C@@H]2c2cccs2)nc1)N1CCCC1. The third-order valence-corrected chi connectivity index (χ3v) is 7.70. The molecule has 2 aromatic heterocycles. The zero-order chi connectivity index (χ0) is 16.6. The third kappa shape index (κ3) is 2.85. The number of sulfonamides is 1. The third-order valence-electron chi connectivity index (χ3n) is 4.84. The lowest BCUT2D eigenvalue weighted by molar-refractivity contribution is 0.477. The molecule has 0 saturated carbocycles. The Morgan fingerprint density at radius 3 is 2.58 bits per heavy atom. The highest BCUT2D eigenvalue weighted by molar-refractivity contribution is 7.89. The first-order valence-corrected chi connectivity index (χ1v) is 10.7. The minimum atomic E-state index is -3.38. The van der Waals surface area contributed by atoms with Gasteiger partial charge in [0.15, 0.2) is 0 Å². The molecular formula is C17H21N3O2S2. The van der Waals surface area contributed by atoms with Crippen LogP contribution in [0.5, 0.6) is 0 Å². The molecule has 0 radical (unpaired) electrons. The Kier molecular flexibility index (Phi) is 4.32. The summed E-state index contributed by atoms with van der Waals surface area (Å²) in [7, 11) is -3.38. The molecule has 2 fully saturated rings. The zero-order valence-corrected chi connectivity index (χ0v) is 15.1. The molecule has 4 rings (SSSR count). The van der Waals surface area contributed by atoms with E-state index in [2.05, 4.69) is 27.4 Å². The van der Waals surface area contributed by atoms with Crippen molar-refractivity contribution in [3.05, 3.63) is 40.7 Å². The summed E-state index contributed by atoms with van der Waals surface area (Å²) in [6, 6.07) is 8.17. The highest BCUT2D eigenvalue weighted by Crippen LogP contribution is 2.37. The fourth-order valence-corrected chi connectivity index (χ4v) is 5.93. The van der Waals surface area contributed by atoms with Crippen molar-refractivity contribution in [1.29, 1.82) is 0 Å². The summed E-state index contributed by atoms with van der Waals surface area (Å²) >= 11 is 1.77. The van der Waals surface area contributed by atoms with Gasteiger partial charge in [0.25, 0.3) is 0 Å². The molecule has 7 heteroatoms. The van der Waals surface area contributed by atoms with Gasteiger partial charge in [-0.1, -0.05) is 6.07 Å². The predicted molar refractivity (Wildman–Crippen MR) is 95.9 cm³/mol. The number of thiophene rings is 1. The van der Waals surface area contributed by atoms with Crippen LogP contribution in [0, 0.1) is 0 Å². The Hall–Kier alpha value is -1.44. The van der Waals surface area contributed by atoms with E-state index in [1.807, 2.05) is 6.07 Å². The lowest BCUT2D eigenvalue weighted by atomic mass is 10.2. The summed E-state index contributed by atoms with van der Waals surface area (Å²) in [5.74, 6) is 0.867. The van der Waals surface area contributed by atoms with Gasteiger partial charge in [0.1, 0.15) is 10.7 Å². The molecule has 0 spiro atoms. The molecule has 2 saturated heterocycles. The van der Waals surface area contributed by atoms with Gasteiger partial charge in [-0.15, -0.1) is 11.3 Å². The Bertz CT molecular complexity index is 782. The number of nitrogens with zero attached hydrogens (tertiary/aromatic N) is 3. The number of hydrogen-bond acceptors (Lipinski definition) is 5. The summed E-state index contributed by atoms with van der Waals surface area (Å²) in [5.41, 5.74) is 0. The average molecular weight is 364 g/mol. The first-order chi connectivity index (χ1) is 11.7. The fourth-order valence-electron chi connectivity index (χ4n) is 3.59. The second-order valence-electron chi connectivity index (χ2n) is 6.33. The Labute approximate surface area is 147 Å². The number of anilines is 1. The van der Waals surface area contributed by atoms with Crippen LogP contribution in [0.1, 0.15) is 36.6 Å². The van der Waals surface area contributed by atoms with Crippen LogP contribution in [0.3, 0.4) is 0 Å². The standard InChI is InChI=1S/C17H21N3O2S2/c21-24(22,19-9-1-2-10-19)14-7-8-17(18-13-14)20-11-3-5-15(20)16-6-4-12-23-16/h4,6-8,12-13,15H,1-3,5,9-11H2/t15-/m1/s1. The number of hydrogen-bond donors (Lipinski definition) is 0. The van der Waals surface area contributed by atoms with Gasteiger partial charge in [-0.3, -0.25) is 0 Å². The number of rotatable bonds is 4. The zero-order valence-electron chi connectivity index (χ0n) is 13.5. The lowest BCUT2D eigenvalue weighted by Gasteiger charge is -2.25. The summed E-state index contributed by atoms with van der Waals surface area (Å²) in [4.78, 5) is 8.43. The normalized spacial score (nSPS) is 22.3. The molecule has 2 aliphatic heterocycles. The van der Waals surface area contributed by atoms with Crippen molar-refractivity contribution < 1.29 is 8.42 Å². The van der Waals surface area contributed by atoms with Gasteiger partial charge in [-0.2, -0.15) is 4.31 Å². The monoisotopic (exact) mass is 363 g/mol. The molecule has 5 nitrogen and oxygen atoms in total. The van der Waals surface area contributed by atoms with Crippen LogP contribution in [-0.2, 0) is 10.0 Å². The van der Waals surface area contributed by atoms with Crippen molar-refractivity contribution in [3.63, 3.8) is 0 Å². The van der Waals surface area contributed by atoms with E-state index < -0.39 is 10.0 Å². The molecule has 0 bridgehead atoms. The number of pyridine rings is 1. The van der Waals surface area contributed by atoms with Gasteiger partial charge in [0, 0.05) is 30.7 Å². The Balaban J connectivity index is 1.57. The van der Waals surface area contributed by atoms with Crippen LogP contribution >= 0.6 is 11.3 Å². The summed E-state index contributed by atoms with van der Waals surface area (Å²) in [5, 5.41) is 2.10. The van der Waals surface area contributed by atoms with Gasteiger partial charge in [-0.05, 0) is 49.3 Å². The van der Waals surface area contributed by atoms with E-state index in [9.17, 15) is 8.42 Å². The smallest absolute Gasteiger partial charge is 0.244 e. The second-order valence-corrected chi connectivity index (χ2v) is 9.25. The van der Waals surface area contributed by atoms with E-state index in [1.54, 1.807) is 21.7 Å². The van der Waals surface area contributed by atoms with Crippen molar-refractivity contribution >= 4 is 27.2 Å². The van der Waals surface area contributed by atoms with Crippen molar-refractivity contribution in [1.82, 2.24) is 9.29 Å². The molecule has 2 aromatic rings. The largest absolute Gasteiger partial charge is 0.349 e. The van der Waals surface area contributed by atoms with Gasteiger partial charge < -0.3 is 4.90 Å². The highest BCUT2D eigenvalue weighted by Gasteiger charge is 2.30. The Morgan fingerprint density at radius 2 is 1.92 bits per heavy atom. The fraction of sp³-hybridized carbons (Fsp3) is 0.471. The second kappa shape index (κ2) is 6.46. The van der Waals surface area contributed by atoms with Crippen LogP contribution in [0.25, 0.3) is 0 Å². The maximum atomic E-state index is 12.6.